The lowest BCUT2D eigenvalue weighted by Crippen LogP contribution is -2.38. The molecule has 4 amide bonds. The van der Waals surface area contributed by atoms with E-state index in [9.17, 15) is 14.4 Å². The van der Waals surface area contributed by atoms with Crippen LogP contribution in [0.5, 0.6) is 17.2 Å². The van der Waals surface area contributed by atoms with Crippen molar-refractivity contribution in [1.29, 1.82) is 0 Å². The van der Waals surface area contributed by atoms with Crippen molar-refractivity contribution >= 4 is 56.3 Å². The number of hydrogen-bond donors (Lipinski definition) is 2. The number of anilines is 1. The number of hydrogen-bond acceptors (Lipinski definition) is 6. The highest BCUT2D eigenvalue weighted by Gasteiger charge is 2.35. The zero-order valence-corrected chi connectivity index (χ0v) is 23.9. The van der Waals surface area contributed by atoms with Crippen molar-refractivity contribution in [3.05, 3.63) is 100 Å². The van der Waals surface area contributed by atoms with Crippen LogP contribution in [-0.4, -0.2) is 43.5 Å². The van der Waals surface area contributed by atoms with Gasteiger partial charge in [0.15, 0.2) is 11.5 Å². The second kappa shape index (κ2) is 12.1. The maximum atomic E-state index is 13.0. The number of methoxy groups -OCH3 is 2. The van der Waals surface area contributed by atoms with Gasteiger partial charge in [-0.05, 0) is 68.2 Å². The van der Waals surface area contributed by atoms with E-state index in [1.807, 2.05) is 30.3 Å². The molecule has 4 aromatic carbocycles. The fourth-order valence-corrected chi connectivity index (χ4v) is 5.07. The Labute approximate surface area is 244 Å². The molecule has 10 heteroatoms. The van der Waals surface area contributed by atoms with Gasteiger partial charge in [0.1, 0.15) is 24.6 Å². The third-order valence-corrected chi connectivity index (χ3v) is 7.05. The first kappa shape index (κ1) is 27.7. The van der Waals surface area contributed by atoms with Crippen LogP contribution in [0, 0.1) is 0 Å². The fraction of sp³-hybridized carbons (Fsp3) is 0.129. The maximum Gasteiger partial charge on any atom is 0.329 e. The van der Waals surface area contributed by atoms with Gasteiger partial charge in [-0.2, -0.15) is 0 Å². The third-order valence-electron chi connectivity index (χ3n) is 6.46. The summed E-state index contributed by atoms with van der Waals surface area (Å²) >= 11 is 3.55. The van der Waals surface area contributed by atoms with E-state index in [0.29, 0.717) is 39.6 Å². The van der Waals surface area contributed by atoms with Gasteiger partial charge in [-0.3, -0.25) is 9.59 Å². The average Bonchev–Trinajstić information content (AvgIpc) is 3.23. The van der Waals surface area contributed by atoms with Crippen molar-refractivity contribution in [2.75, 3.05) is 26.1 Å². The highest BCUT2D eigenvalue weighted by atomic mass is 79.9. The van der Waals surface area contributed by atoms with Crippen molar-refractivity contribution in [2.45, 2.75) is 6.61 Å². The van der Waals surface area contributed by atoms with Crippen molar-refractivity contribution in [3.63, 3.8) is 0 Å². The Bertz CT molecular complexity index is 1680. The number of benzene rings is 4. The normalized spacial score (nSPS) is 13.8. The first-order valence-corrected chi connectivity index (χ1v) is 13.4. The third kappa shape index (κ3) is 6.02. The minimum atomic E-state index is -0.697. The van der Waals surface area contributed by atoms with Crippen LogP contribution in [0.25, 0.3) is 16.8 Å². The molecule has 5 rings (SSSR count). The van der Waals surface area contributed by atoms with Gasteiger partial charge in [-0.25, -0.2) is 9.69 Å². The van der Waals surface area contributed by atoms with Crippen LogP contribution in [0.15, 0.2) is 89.0 Å². The smallest absolute Gasteiger partial charge is 0.329 e. The second-order valence-electron chi connectivity index (χ2n) is 9.09. The predicted molar refractivity (Wildman–Crippen MR) is 159 cm³/mol. The number of urea groups is 1. The lowest BCUT2D eigenvalue weighted by Gasteiger charge is -2.15. The summed E-state index contributed by atoms with van der Waals surface area (Å²) in [6, 6.07) is 23.7. The number of ether oxygens (including phenoxy) is 3. The number of fused-ring (bicyclic) bond motifs is 1. The van der Waals surface area contributed by atoms with Crippen LogP contribution in [0.3, 0.4) is 0 Å². The van der Waals surface area contributed by atoms with E-state index in [0.717, 1.165) is 21.2 Å². The minimum Gasteiger partial charge on any atom is -0.495 e. The summed E-state index contributed by atoms with van der Waals surface area (Å²) in [7, 11) is 3.00. The van der Waals surface area contributed by atoms with Crippen LogP contribution in [-0.2, 0) is 16.2 Å². The van der Waals surface area contributed by atoms with E-state index in [1.165, 1.54) is 20.3 Å². The van der Waals surface area contributed by atoms with Crippen LogP contribution in [0.2, 0.25) is 0 Å². The van der Waals surface area contributed by atoms with Gasteiger partial charge in [0.2, 0.25) is 5.91 Å². The lowest BCUT2D eigenvalue weighted by atomic mass is 10.1. The van der Waals surface area contributed by atoms with Gasteiger partial charge >= 0.3 is 6.03 Å². The number of halogens is 1. The predicted octanol–water partition coefficient (Wildman–Crippen LogP) is 5.73. The molecule has 208 valence electrons. The maximum absolute atomic E-state index is 13.0. The molecule has 0 unspecified atom stereocenters. The monoisotopic (exact) mass is 615 g/mol. The summed E-state index contributed by atoms with van der Waals surface area (Å²) < 4.78 is 17.6. The van der Waals surface area contributed by atoms with Crippen LogP contribution in [0.1, 0.15) is 11.1 Å². The molecule has 1 aliphatic heterocycles. The molecule has 2 N–H and O–H groups in total. The summed E-state index contributed by atoms with van der Waals surface area (Å²) in [5.41, 5.74) is 2.06. The van der Waals surface area contributed by atoms with Gasteiger partial charge in [0.25, 0.3) is 5.91 Å². The molecule has 0 saturated carbocycles. The van der Waals surface area contributed by atoms with E-state index in [4.69, 9.17) is 14.2 Å². The lowest BCUT2D eigenvalue weighted by molar-refractivity contribution is -0.127. The molecule has 1 aliphatic rings. The number of carbonyl (C=O) groups is 3. The molecule has 0 bridgehead atoms. The van der Waals surface area contributed by atoms with Crippen LogP contribution >= 0.6 is 15.9 Å². The van der Waals surface area contributed by atoms with Crippen molar-refractivity contribution in [3.8, 4) is 17.2 Å². The zero-order chi connectivity index (χ0) is 28.9. The van der Waals surface area contributed by atoms with Gasteiger partial charge in [-0.15, -0.1) is 0 Å². The van der Waals surface area contributed by atoms with Crippen molar-refractivity contribution in [2.24, 2.45) is 0 Å². The van der Waals surface area contributed by atoms with Gasteiger partial charge in [-0.1, -0.05) is 54.6 Å². The summed E-state index contributed by atoms with van der Waals surface area (Å²) in [5, 5.41) is 7.42. The van der Waals surface area contributed by atoms with Gasteiger partial charge < -0.3 is 24.8 Å². The van der Waals surface area contributed by atoms with E-state index in [-0.39, 0.29) is 5.70 Å². The fourth-order valence-electron chi connectivity index (χ4n) is 4.49. The van der Waals surface area contributed by atoms with E-state index < -0.39 is 24.4 Å². The molecule has 41 heavy (non-hydrogen) atoms. The Hall–Kier alpha value is -4.83. The number of nitrogens with zero attached hydrogens (tertiary/aromatic N) is 1. The molecule has 0 spiro atoms. The largest absolute Gasteiger partial charge is 0.495 e. The van der Waals surface area contributed by atoms with E-state index >= 15 is 0 Å². The first-order chi connectivity index (χ1) is 19.9. The molecule has 4 aromatic rings. The number of imide groups is 1. The second-order valence-corrected chi connectivity index (χ2v) is 9.94. The summed E-state index contributed by atoms with van der Waals surface area (Å²) in [6.45, 7) is -0.148. The highest BCUT2D eigenvalue weighted by Crippen LogP contribution is 2.38. The minimum absolute atomic E-state index is 0.0264. The van der Waals surface area contributed by atoms with Crippen LogP contribution in [0.4, 0.5) is 10.5 Å². The van der Waals surface area contributed by atoms with Gasteiger partial charge in [0, 0.05) is 0 Å². The van der Waals surface area contributed by atoms with Crippen LogP contribution < -0.4 is 24.8 Å². The molecule has 0 atom stereocenters. The number of para-hydroxylation sites is 2. The number of nitrogens with one attached hydrogen (secondary N) is 2. The summed E-state index contributed by atoms with van der Waals surface area (Å²) in [6.07, 6.45) is 1.51. The Morgan fingerprint density at radius 1 is 0.951 bits per heavy atom. The molecule has 9 nitrogen and oxygen atoms in total. The Balaban J connectivity index is 1.30. The average molecular weight is 616 g/mol. The number of carbonyl (C=O) groups excluding carboxylic acids is 3. The van der Waals surface area contributed by atoms with Crippen molar-refractivity contribution in [1.82, 2.24) is 10.2 Å². The quantitative estimate of drug-likeness (QED) is 0.184. The molecule has 0 radical (unpaired) electrons. The standard InChI is InChI=1S/C31H26BrN3O6/c1-39-26-13-6-5-12-24(26)33-28(36)17-35-30(37)25(34-31(35)38)15-19-14-23(32)29(27(16-19)40-2)41-18-21-10-7-9-20-8-3-4-11-22(20)21/h3-16H,17-18H2,1-2H3,(H,33,36)(H,34,38)/b25-15-. The molecule has 1 fully saturated rings. The van der Waals surface area contributed by atoms with E-state index in [1.54, 1.807) is 36.4 Å². The SMILES string of the molecule is COc1ccccc1NC(=O)CN1C(=O)N/C(=C\c2cc(Br)c(OCc3cccc4ccccc34)c(OC)c2)C1=O. The van der Waals surface area contributed by atoms with Gasteiger partial charge in [0.05, 0.1) is 24.4 Å². The summed E-state index contributed by atoms with van der Waals surface area (Å²) in [4.78, 5) is 39.0. The van der Waals surface area contributed by atoms with E-state index in [2.05, 4.69) is 38.7 Å². The molecular formula is C31H26BrN3O6. The molecule has 0 aromatic heterocycles. The molecule has 0 aliphatic carbocycles. The Morgan fingerprint density at radius 3 is 2.49 bits per heavy atom. The first-order valence-electron chi connectivity index (χ1n) is 12.6. The topological polar surface area (TPSA) is 106 Å². The number of amides is 4. The highest BCUT2D eigenvalue weighted by molar-refractivity contribution is 9.10. The molecule has 1 heterocycles. The molecule has 1 saturated heterocycles. The molecular weight excluding hydrogens is 590 g/mol. The van der Waals surface area contributed by atoms with Crippen molar-refractivity contribution < 1.29 is 28.6 Å². The summed E-state index contributed by atoms with van der Waals surface area (Å²) in [5.74, 6) is 0.228. The zero-order valence-electron chi connectivity index (χ0n) is 22.3. The Kier molecular flexibility index (Phi) is 8.21. The number of rotatable bonds is 9. The Morgan fingerprint density at radius 2 is 1.68 bits per heavy atom.